The van der Waals surface area contributed by atoms with Crippen molar-refractivity contribution in [1.29, 1.82) is 0 Å². The first-order chi connectivity index (χ1) is 12.9. The van der Waals surface area contributed by atoms with E-state index in [1.807, 2.05) is 23.5 Å². The van der Waals surface area contributed by atoms with Gasteiger partial charge in [-0.1, -0.05) is 0 Å². The molecule has 0 aromatic heterocycles. The van der Waals surface area contributed by atoms with Crippen LogP contribution in [0.25, 0.3) is 0 Å². The Bertz CT molecular complexity index is 422. The van der Waals surface area contributed by atoms with Crippen molar-refractivity contribution >= 4 is 65.0 Å². The van der Waals surface area contributed by atoms with Gasteiger partial charge in [0.25, 0.3) is 0 Å². The Hall–Kier alpha value is -0.190. The van der Waals surface area contributed by atoms with E-state index in [0.29, 0.717) is 23.2 Å². The summed E-state index contributed by atoms with van der Waals surface area (Å²) in [4.78, 5) is 31.6. The molecule has 0 bridgehead atoms. The highest BCUT2D eigenvalue weighted by atomic mass is 32.2. The zero-order valence-electron chi connectivity index (χ0n) is 15.5. The van der Waals surface area contributed by atoms with Gasteiger partial charge in [-0.05, 0) is 25.0 Å². The predicted octanol–water partition coefficient (Wildman–Crippen LogP) is 3.88. The van der Waals surface area contributed by atoms with Crippen LogP contribution < -0.4 is 0 Å². The van der Waals surface area contributed by atoms with Crippen LogP contribution in [0.1, 0.15) is 38.5 Å². The second kappa shape index (κ2) is 19.1. The highest BCUT2D eigenvalue weighted by Crippen LogP contribution is 2.24. The van der Waals surface area contributed by atoms with Crippen LogP contribution in [0.3, 0.4) is 0 Å². The van der Waals surface area contributed by atoms with Gasteiger partial charge in [-0.3, -0.25) is 14.4 Å². The molecule has 0 saturated carbocycles. The van der Waals surface area contributed by atoms with Gasteiger partial charge in [0.1, 0.15) is 0 Å². The molecule has 0 aliphatic carbocycles. The smallest absolute Gasteiger partial charge is 0.304 e. The molecule has 0 amide bonds. The first kappa shape index (κ1) is 26.8. The van der Waals surface area contributed by atoms with Crippen molar-refractivity contribution in [3.63, 3.8) is 0 Å². The molecule has 1 unspecified atom stereocenters. The number of aliphatic carboxylic acids is 3. The summed E-state index contributed by atoms with van der Waals surface area (Å²) in [5, 5.41) is 26.4. The Morgan fingerprint density at radius 2 is 1.07 bits per heavy atom. The summed E-state index contributed by atoms with van der Waals surface area (Å²) in [7, 11) is 0. The van der Waals surface area contributed by atoms with E-state index in [1.165, 1.54) is 0 Å². The molecule has 0 aliphatic heterocycles. The van der Waals surface area contributed by atoms with Crippen LogP contribution in [0, 0.1) is 0 Å². The maximum atomic E-state index is 10.7. The minimum Gasteiger partial charge on any atom is -0.481 e. The molecule has 27 heavy (non-hydrogen) atoms. The van der Waals surface area contributed by atoms with Gasteiger partial charge in [0.15, 0.2) is 0 Å². The first-order valence-corrected chi connectivity index (χ1v) is 13.4. The molecular weight excluding hydrogens is 428 g/mol. The van der Waals surface area contributed by atoms with E-state index >= 15 is 0 Å². The van der Waals surface area contributed by atoms with Crippen LogP contribution in [0.2, 0.25) is 0 Å². The minimum absolute atomic E-state index is 0.193. The fourth-order valence-electron chi connectivity index (χ4n) is 2.02. The molecule has 6 nitrogen and oxygen atoms in total. The summed E-state index contributed by atoms with van der Waals surface area (Å²) >= 11 is 7.04. The van der Waals surface area contributed by atoms with Crippen molar-refractivity contribution in [3.8, 4) is 0 Å². The number of carboxylic acid groups (broad SMARTS) is 3. The SMILES string of the molecule is O=C(O)CCCC(CCSCCSCCC(=O)O)SCCSCCC(=O)O. The topological polar surface area (TPSA) is 112 Å². The lowest BCUT2D eigenvalue weighted by molar-refractivity contribution is -0.138. The van der Waals surface area contributed by atoms with Crippen LogP contribution in [0.4, 0.5) is 0 Å². The van der Waals surface area contributed by atoms with Gasteiger partial charge in [-0.15, -0.1) is 0 Å². The molecule has 0 spiro atoms. The molecule has 0 radical (unpaired) electrons. The monoisotopic (exact) mass is 458 g/mol. The lowest BCUT2D eigenvalue weighted by Gasteiger charge is -2.16. The van der Waals surface area contributed by atoms with Crippen molar-refractivity contribution in [2.24, 2.45) is 0 Å². The van der Waals surface area contributed by atoms with E-state index in [-0.39, 0.29) is 19.3 Å². The summed E-state index contributed by atoms with van der Waals surface area (Å²) in [6.45, 7) is 0. The molecule has 3 N–H and O–H groups in total. The predicted molar refractivity (Wildman–Crippen MR) is 119 cm³/mol. The largest absolute Gasteiger partial charge is 0.481 e. The summed E-state index contributed by atoms with van der Waals surface area (Å²) < 4.78 is 0. The third kappa shape index (κ3) is 22.0. The maximum absolute atomic E-state index is 10.7. The van der Waals surface area contributed by atoms with Gasteiger partial charge in [0.05, 0.1) is 12.8 Å². The molecule has 158 valence electrons. The molecule has 0 aromatic carbocycles. The van der Waals surface area contributed by atoms with Gasteiger partial charge < -0.3 is 15.3 Å². The van der Waals surface area contributed by atoms with Gasteiger partial charge in [0.2, 0.25) is 0 Å². The van der Waals surface area contributed by atoms with E-state index in [4.69, 9.17) is 15.3 Å². The second-order valence-electron chi connectivity index (χ2n) is 5.69. The molecule has 0 fully saturated rings. The Labute approximate surface area is 178 Å². The average molecular weight is 459 g/mol. The summed E-state index contributed by atoms with van der Waals surface area (Å²) in [6, 6.07) is 0. The van der Waals surface area contributed by atoms with Crippen molar-refractivity contribution in [2.75, 3.05) is 40.3 Å². The number of carboxylic acids is 3. The highest BCUT2D eigenvalue weighted by molar-refractivity contribution is 8.03. The van der Waals surface area contributed by atoms with E-state index in [0.717, 1.165) is 41.6 Å². The number of hydrogen-bond donors (Lipinski definition) is 3. The number of thioether (sulfide) groups is 4. The van der Waals surface area contributed by atoms with Crippen LogP contribution in [-0.2, 0) is 14.4 Å². The van der Waals surface area contributed by atoms with Crippen LogP contribution in [0.15, 0.2) is 0 Å². The van der Waals surface area contributed by atoms with E-state index in [1.54, 1.807) is 23.5 Å². The zero-order valence-corrected chi connectivity index (χ0v) is 18.7. The Balaban J connectivity index is 3.83. The molecule has 0 aliphatic rings. The standard InChI is InChI=1S/C17H30O6S4/c18-15(19)3-1-2-14(27-13-12-26-9-6-17(22)23)4-7-24-10-11-25-8-5-16(20)21/h14H,1-13H2,(H,18,19)(H,20,21)(H,22,23). The van der Waals surface area contributed by atoms with Crippen LogP contribution in [-0.4, -0.2) is 78.7 Å². The molecule has 0 heterocycles. The van der Waals surface area contributed by atoms with E-state index in [2.05, 4.69) is 0 Å². The molecule has 0 saturated heterocycles. The Morgan fingerprint density at radius 3 is 1.59 bits per heavy atom. The summed E-state index contributed by atoms with van der Waals surface area (Å²) in [6.07, 6.45) is 3.23. The second-order valence-corrected chi connectivity index (χ2v) is 10.8. The molecule has 0 aromatic rings. The maximum Gasteiger partial charge on any atom is 0.304 e. The van der Waals surface area contributed by atoms with Crippen molar-refractivity contribution in [1.82, 2.24) is 0 Å². The van der Waals surface area contributed by atoms with Crippen molar-refractivity contribution in [2.45, 2.75) is 43.8 Å². The third-order valence-electron chi connectivity index (χ3n) is 3.37. The molecule has 10 heteroatoms. The molecule has 0 rings (SSSR count). The molecule has 1 atom stereocenters. The Morgan fingerprint density at radius 1 is 0.593 bits per heavy atom. The zero-order chi connectivity index (χ0) is 20.3. The normalized spacial score (nSPS) is 12.0. The highest BCUT2D eigenvalue weighted by Gasteiger charge is 2.11. The third-order valence-corrected chi connectivity index (χ3v) is 8.26. The number of hydrogen-bond acceptors (Lipinski definition) is 7. The fourth-order valence-corrected chi connectivity index (χ4v) is 6.62. The van der Waals surface area contributed by atoms with Crippen molar-refractivity contribution in [3.05, 3.63) is 0 Å². The number of rotatable bonds is 20. The Kier molecular flexibility index (Phi) is 19.0. The minimum atomic E-state index is -0.764. The molecular formula is C17H30O6S4. The first-order valence-electron chi connectivity index (χ1n) is 8.92. The fraction of sp³-hybridized carbons (Fsp3) is 0.824. The van der Waals surface area contributed by atoms with Crippen molar-refractivity contribution < 1.29 is 29.7 Å². The van der Waals surface area contributed by atoms with Gasteiger partial charge in [-0.2, -0.15) is 47.0 Å². The number of carbonyl (C=O) groups is 3. The van der Waals surface area contributed by atoms with E-state index < -0.39 is 17.9 Å². The summed E-state index contributed by atoms with van der Waals surface area (Å²) in [5.41, 5.74) is 0. The lowest BCUT2D eigenvalue weighted by Crippen LogP contribution is -2.08. The quantitative estimate of drug-likeness (QED) is 0.232. The summed E-state index contributed by atoms with van der Waals surface area (Å²) in [5.74, 6) is 3.87. The van der Waals surface area contributed by atoms with Gasteiger partial charge in [-0.25, -0.2) is 0 Å². The van der Waals surface area contributed by atoms with E-state index in [9.17, 15) is 14.4 Å². The van der Waals surface area contributed by atoms with Gasteiger partial charge >= 0.3 is 17.9 Å². The van der Waals surface area contributed by atoms with Crippen LogP contribution in [0.5, 0.6) is 0 Å². The lowest BCUT2D eigenvalue weighted by atomic mass is 10.1. The average Bonchev–Trinajstić information content (AvgIpc) is 2.58. The van der Waals surface area contributed by atoms with Gasteiger partial charge in [0, 0.05) is 46.2 Å². The van der Waals surface area contributed by atoms with Crippen LogP contribution >= 0.6 is 47.0 Å².